The number of amides is 1. The topological polar surface area (TPSA) is 79.5 Å². The van der Waals surface area contributed by atoms with Crippen LogP contribution >= 0.6 is 11.8 Å². The molecule has 1 rings (SSSR count). The van der Waals surface area contributed by atoms with Crippen molar-refractivity contribution in [1.82, 2.24) is 5.32 Å². The highest BCUT2D eigenvalue weighted by Gasteiger charge is 2.12. The van der Waals surface area contributed by atoms with Gasteiger partial charge in [-0.2, -0.15) is 8.78 Å². The van der Waals surface area contributed by atoms with E-state index in [2.05, 4.69) is 5.32 Å². The fourth-order valence-electron chi connectivity index (χ4n) is 1.41. The lowest BCUT2D eigenvalue weighted by Crippen LogP contribution is -2.24. The largest absolute Gasteiger partial charge is 0.481 e. The van der Waals surface area contributed by atoms with Crippen molar-refractivity contribution in [1.29, 1.82) is 0 Å². The number of thioether (sulfide) groups is 1. The smallest absolute Gasteiger partial charge is 0.303 e. The summed E-state index contributed by atoms with van der Waals surface area (Å²) >= 11 is 0.422. The van der Waals surface area contributed by atoms with E-state index >= 15 is 0 Å². The van der Waals surface area contributed by atoms with E-state index in [4.69, 9.17) is 9.52 Å². The van der Waals surface area contributed by atoms with Crippen LogP contribution in [0.3, 0.4) is 0 Å². The van der Waals surface area contributed by atoms with E-state index in [1.54, 1.807) is 0 Å². The number of carbonyl (C=O) groups is 2. The first-order valence-electron chi connectivity index (χ1n) is 5.97. The molecule has 0 aliphatic rings. The number of furan rings is 1. The van der Waals surface area contributed by atoms with Crippen LogP contribution in [0.5, 0.6) is 0 Å². The average Bonchev–Trinajstić information content (AvgIpc) is 2.84. The standard InChI is InChI=1S/C12H15F2NO4S/c13-12(14)20-7-8-4-5-9(19-8)11(18)15-6-2-1-3-10(16)17/h4-5,12H,1-3,6-7H2,(H,15,18)(H,16,17). The minimum Gasteiger partial charge on any atom is -0.481 e. The molecule has 0 unspecified atom stereocenters. The summed E-state index contributed by atoms with van der Waals surface area (Å²) in [4.78, 5) is 21.9. The Kier molecular flexibility index (Phi) is 7.06. The number of carboxylic acids is 1. The molecule has 1 amide bonds. The predicted molar refractivity (Wildman–Crippen MR) is 69.8 cm³/mol. The second-order valence-corrected chi connectivity index (χ2v) is 4.92. The number of rotatable bonds is 9. The van der Waals surface area contributed by atoms with Crippen molar-refractivity contribution in [2.75, 3.05) is 6.54 Å². The highest BCUT2D eigenvalue weighted by atomic mass is 32.2. The summed E-state index contributed by atoms with van der Waals surface area (Å²) in [5, 5.41) is 11.0. The minimum absolute atomic E-state index is 0.00353. The number of nitrogens with one attached hydrogen (secondary N) is 1. The van der Waals surface area contributed by atoms with Crippen molar-refractivity contribution in [3.63, 3.8) is 0 Å². The molecule has 0 aromatic carbocycles. The van der Waals surface area contributed by atoms with Crippen LogP contribution in [0.25, 0.3) is 0 Å². The second kappa shape index (κ2) is 8.57. The van der Waals surface area contributed by atoms with Gasteiger partial charge in [-0.05, 0) is 25.0 Å². The van der Waals surface area contributed by atoms with Crippen molar-refractivity contribution < 1.29 is 27.9 Å². The maximum atomic E-state index is 12.0. The van der Waals surface area contributed by atoms with Crippen LogP contribution in [0.2, 0.25) is 0 Å². The van der Waals surface area contributed by atoms with Gasteiger partial charge in [0.1, 0.15) is 5.76 Å². The van der Waals surface area contributed by atoms with Gasteiger partial charge in [-0.15, -0.1) is 0 Å². The van der Waals surface area contributed by atoms with Gasteiger partial charge in [0.05, 0.1) is 5.75 Å². The Hall–Kier alpha value is -1.57. The number of hydrogen-bond donors (Lipinski definition) is 2. The Bertz CT molecular complexity index is 450. The first kappa shape index (κ1) is 16.5. The highest BCUT2D eigenvalue weighted by Crippen LogP contribution is 2.21. The van der Waals surface area contributed by atoms with Gasteiger partial charge in [-0.1, -0.05) is 11.8 Å². The van der Waals surface area contributed by atoms with E-state index in [0.29, 0.717) is 36.9 Å². The average molecular weight is 307 g/mol. The third kappa shape index (κ3) is 6.55. The molecular weight excluding hydrogens is 292 g/mol. The normalized spacial score (nSPS) is 10.8. The minimum atomic E-state index is -2.48. The zero-order valence-corrected chi connectivity index (χ0v) is 11.4. The summed E-state index contributed by atoms with van der Waals surface area (Å²) in [6.07, 6.45) is 1.09. The molecule has 112 valence electrons. The molecule has 0 aliphatic heterocycles. The summed E-state index contributed by atoms with van der Waals surface area (Å²) in [7, 11) is 0. The second-order valence-electron chi connectivity index (χ2n) is 3.94. The van der Waals surface area contributed by atoms with Gasteiger partial charge >= 0.3 is 5.97 Å². The summed E-state index contributed by atoms with van der Waals surface area (Å²) in [6, 6.07) is 2.91. The van der Waals surface area contributed by atoms with Crippen LogP contribution in [0.1, 0.15) is 35.6 Å². The molecule has 0 aliphatic carbocycles. The Balaban J connectivity index is 2.27. The van der Waals surface area contributed by atoms with E-state index in [-0.39, 0.29) is 17.9 Å². The van der Waals surface area contributed by atoms with Gasteiger partial charge in [0.2, 0.25) is 0 Å². The van der Waals surface area contributed by atoms with Crippen LogP contribution in [0, 0.1) is 0 Å². The van der Waals surface area contributed by atoms with E-state index in [1.165, 1.54) is 12.1 Å². The third-order valence-corrected chi connectivity index (χ3v) is 3.04. The lowest BCUT2D eigenvalue weighted by Gasteiger charge is -2.02. The number of aliphatic carboxylic acids is 1. The molecule has 20 heavy (non-hydrogen) atoms. The van der Waals surface area contributed by atoms with Crippen LogP contribution in [-0.4, -0.2) is 29.3 Å². The van der Waals surface area contributed by atoms with Crippen molar-refractivity contribution >= 4 is 23.6 Å². The lowest BCUT2D eigenvalue weighted by atomic mass is 10.2. The van der Waals surface area contributed by atoms with E-state index < -0.39 is 17.6 Å². The molecule has 1 aromatic heterocycles. The molecule has 5 nitrogen and oxygen atoms in total. The van der Waals surface area contributed by atoms with Crippen LogP contribution < -0.4 is 5.32 Å². The molecule has 0 saturated carbocycles. The van der Waals surface area contributed by atoms with E-state index in [1.807, 2.05) is 0 Å². The number of halogens is 2. The Morgan fingerprint density at radius 3 is 2.75 bits per heavy atom. The zero-order chi connectivity index (χ0) is 15.0. The number of unbranched alkanes of at least 4 members (excludes halogenated alkanes) is 1. The Morgan fingerprint density at radius 1 is 1.35 bits per heavy atom. The monoisotopic (exact) mass is 307 g/mol. The van der Waals surface area contributed by atoms with Crippen molar-refractivity contribution in [2.45, 2.75) is 30.8 Å². The van der Waals surface area contributed by atoms with E-state index in [9.17, 15) is 18.4 Å². The molecule has 0 saturated heterocycles. The van der Waals surface area contributed by atoms with Crippen LogP contribution in [0.4, 0.5) is 8.78 Å². The molecule has 0 atom stereocenters. The maximum Gasteiger partial charge on any atom is 0.303 e. The fourth-order valence-corrected chi connectivity index (χ4v) is 1.86. The first-order valence-corrected chi connectivity index (χ1v) is 7.02. The lowest BCUT2D eigenvalue weighted by molar-refractivity contribution is -0.137. The summed E-state index contributed by atoms with van der Waals surface area (Å²) < 4.78 is 29.1. The predicted octanol–water partition coefficient (Wildman–Crippen LogP) is 2.72. The van der Waals surface area contributed by atoms with Crippen molar-refractivity contribution in [2.24, 2.45) is 0 Å². The maximum absolute atomic E-state index is 12.0. The molecule has 1 heterocycles. The third-order valence-electron chi connectivity index (χ3n) is 2.34. The molecule has 1 aromatic rings. The van der Waals surface area contributed by atoms with Crippen LogP contribution in [-0.2, 0) is 10.5 Å². The molecule has 2 N–H and O–H groups in total. The SMILES string of the molecule is O=C(O)CCCCNC(=O)c1ccc(CSC(F)F)o1. The van der Waals surface area contributed by atoms with Gasteiger partial charge in [-0.25, -0.2) is 0 Å². The number of carboxylic acid groups (broad SMARTS) is 1. The molecule has 0 fully saturated rings. The van der Waals surface area contributed by atoms with Gasteiger partial charge in [-0.3, -0.25) is 9.59 Å². The first-order chi connectivity index (χ1) is 9.49. The summed E-state index contributed by atoms with van der Waals surface area (Å²) in [5.41, 5.74) is 0. The zero-order valence-electron chi connectivity index (χ0n) is 10.6. The van der Waals surface area contributed by atoms with Crippen molar-refractivity contribution in [3.05, 3.63) is 23.7 Å². The number of hydrogen-bond acceptors (Lipinski definition) is 4. The molecule has 0 radical (unpaired) electrons. The fraction of sp³-hybridized carbons (Fsp3) is 0.500. The number of alkyl halides is 2. The van der Waals surface area contributed by atoms with Gasteiger partial charge < -0.3 is 14.8 Å². The summed E-state index contributed by atoms with van der Waals surface area (Å²) in [5.74, 6) is -3.41. The van der Waals surface area contributed by atoms with Gasteiger partial charge in [0.25, 0.3) is 11.7 Å². The van der Waals surface area contributed by atoms with Crippen LogP contribution in [0.15, 0.2) is 16.5 Å². The molecule has 0 spiro atoms. The van der Waals surface area contributed by atoms with Gasteiger partial charge in [0.15, 0.2) is 5.76 Å². The molecular formula is C12H15F2NO4S. The molecule has 8 heteroatoms. The van der Waals surface area contributed by atoms with E-state index in [0.717, 1.165) is 0 Å². The van der Waals surface area contributed by atoms with Gasteiger partial charge in [0, 0.05) is 13.0 Å². The molecule has 0 bridgehead atoms. The number of carbonyl (C=O) groups excluding carboxylic acids is 1. The Labute approximate surface area is 118 Å². The quantitative estimate of drug-likeness (QED) is 0.686. The highest BCUT2D eigenvalue weighted by molar-refractivity contribution is 7.98. The van der Waals surface area contributed by atoms with Crippen molar-refractivity contribution in [3.8, 4) is 0 Å². The Morgan fingerprint density at radius 2 is 2.10 bits per heavy atom. The summed E-state index contributed by atoms with van der Waals surface area (Å²) in [6.45, 7) is 0.341.